The van der Waals surface area contributed by atoms with Crippen LogP contribution >= 0.6 is 0 Å². The first-order valence-electron chi connectivity index (χ1n) is 16.4. The summed E-state index contributed by atoms with van der Waals surface area (Å²) < 4.78 is 0. The molecule has 0 bridgehead atoms. The second-order valence-corrected chi connectivity index (χ2v) is 11.3. The van der Waals surface area contributed by atoms with Crippen molar-refractivity contribution in [2.45, 2.75) is 167 Å². The zero-order chi connectivity index (χ0) is 26.7. The maximum atomic E-state index is 12.4. The van der Waals surface area contributed by atoms with Crippen molar-refractivity contribution in [3.63, 3.8) is 0 Å². The fraction of sp³-hybridized carbons (Fsp3) is 0.879. The van der Waals surface area contributed by atoms with E-state index >= 15 is 0 Å². The molecule has 0 atom stereocenters. The fourth-order valence-electron chi connectivity index (χ4n) is 5.46. The van der Waals surface area contributed by atoms with Crippen LogP contribution in [0.4, 0.5) is 0 Å². The van der Waals surface area contributed by atoms with Gasteiger partial charge in [0.2, 0.25) is 0 Å². The number of aliphatic imine (C=N–C) groups is 1. The third kappa shape index (κ3) is 20.3. The number of amidine groups is 1. The van der Waals surface area contributed by atoms with Gasteiger partial charge in [0.15, 0.2) is 11.6 Å². The predicted molar refractivity (Wildman–Crippen MR) is 162 cm³/mol. The maximum absolute atomic E-state index is 12.4. The molecule has 37 heavy (non-hydrogen) atoms. The molecular weight excluding hydrogens is 456 g/mol. The highest BCUT2D eigenvalue weighted by Crippen LogP contribution is 2.16. The Morgan fingerprint density at radius 1 is 0.676 bits per heavy atom. The minimum Gasteiger partial charge on any atom is -0.516 e. The predicted octanol–water partition coefficient (Wildman–Crippen LogP) is 10.1. The van der Waals surface area contributed by atoms with Crippen LogP contribution in [0.3, 0.4) is 0 Å². The third-order valence-electron chi connectivity index (χ3n) is 7.87. The summed E-state index contributed by atoms with van der Waals surface area (Å²) in [5.74, 6) is 0.787. The van der Waals surface area contributed by atoms with Gasteiger partial charge in [-0.15, -0.1) is 0 Å². The van der Waals surface area contributed by atoms with Crippen LogP contribution in [0.15, 0.2) is 17.3 Å². The molecule has 0 aromatic rings. The molecule has 1 heterocycles. The first-order valence-corrected chi connectivity index (χ1v) is 16.4. The van der Waals surface area contributed by atoms with E-state index in [1.165, 1.54) is 141 Å². The van der Waals surface area contributed by atoms with Gasteiger partial charge in [-0.3, -0.25) is 9.79 Å². The lowest BCUT2D eigenvalue weighted by atomic mass is 10.0. The number of aliphatic hydroxyl groups is 1. The Morgan fingerprint density at radius 2 is 1.05 bits per heavy atom. The molecule has 0 amide bonds. The standard InChI is InChI=1S/C33H62N2O2/c1-2-3-4-5-6-7-8-9-10-11-12-13-14-15-16-17-18-19-20-21-22-23-24-25-27-32(37)33-34-28-30-35(33)29-26-31-36/h26,31,36H,2-25,27-30H2,1H3. The van der Waals surface area contributed by atoms with E-state index in [0.717, 1.165) is 25.6 Å². The lowest BCUT2D eigenvalue weighted by Crippen LogP contribution is -2.33. The molecule has 0 spiro atoms. The largest absolute Gasteiger partial charge is 0.516 e. The second kappa shape index (κ2) is 26.3. The van der Waals surface area contributed by atoms with Gasteiger partial charge < -0.3 is 10.0 Å². The molecule has 0 radical (unpaired) electrons. The highest BCUT2D eigenvalue weighted by Gasteiger charge is 2.21. The molecular formula is C33H62N2O2. The summed E-state index contributed by atoms with van der Waals surface area (Å²) in [6.07, 6.45) is 36.7. The van der Waals surface area contributed by atoms with Gasteiger partial charge in [0.05, 0.1) is 12.8 Å². The number of unbranched alkanes of at least 4 members (excludes halogenated alkanes) is 23. The van der Waals surface area contributed by atoms with Crippen molar-refractivity contribution >= 4 is 11.6 Å². The molecule has 1 aliphatic rings. The lowest BCUT2D eigenvalue weighted by molar-refractivity contribution is -0.113. The molecule has 1 rings (SSSR count). The van der Waals surface area contributed by atoms with Crippen LogP contribution in [0.5, 0.6) is 0 Å². The van der Waals surface area contributed by atoms with Crippen molar-refractivity contribution in [1.82, 2.24) is 4.90 Å². The van der Waals surface area contributed by atoms with Crippen molar-refractivity contribution in [3.05, 3.63) is 12.3 Å². The molecule has 1 aliphatic heterocycles. The van der Waals surface area contributed by atoms with E-state index in [0.29, 0.717) is 25.3 Å². The molecule has 0 fully saturated rings. The number of hydrogen-bond acceptors (Lipinski definition) is 4. The van der Waals surface area contributed by atoms with E-state index in [-0.39, 0.29) is 5.78 Å². The van der Waals surface area contributed by atoms with Gasteiger partial charge in [-0.2, -0.15) is 0 Å². The Kier molecular flexibility index (Phi) is 24.0. The number of ketones is 1. The average Bonchev–Trinajstić information content (AvgIpc) is 3.38. The van der Waals surface area contributed by atoms with Gasteiger partial charge in [-0.05, 0) is 12.5 Å². The van der Waals surface area contributed by atoms with Gasteiger partial charge in [-0.1, -0.05) is 155 Å². The van der Waals surface area contributed by atoms with Gasteiger partial charge in [0.25, 0.3) is 0 Å². The van der Waals surface area contributed by atoms with Crippen molar-refractivity contribution in [3.8, 4) is 0 Å². The highest BCUT2D eigenvalue weighted by atomic mass is 16.2. The number of carbonyl (C=O) groups is 1. The molecule has 4 nitrogen and oxygen atoms in total. The first kappa shape index (κ1) is 33.7. The molecule has 0 aliphatic carbocycles. The Hall–Kier alpha value is -1.32. The van der Waals surface area contributed by atoms with E-state index in [2.05, 4.69) is 11.9 Å². The van der Waals surface area contributed by atoms with E-state index in [1.54, 1.807) is 6.08 Å². The summed E-state index contributed by atoms with van der Waals surface area (Å²) in [5.41, 5.74) is 0. The summed E-state index contributed by atoms with van der Waals surface area (Å²) in [6.45, 7) is 4.34. The van der Waals surface area contributed by atoms with Crippen LogP contribution < -0.4 is 0 Å². The lowest BCUT2D eigenvalue weighted by Gasteiger charge is -2.16. The Bertz CT molecular complexity index is 573. The van der Waals surface area contributed by atoms with Gasteiger partial charge in [-0.25, -0.2) is 0 Å². The summed E-state index contributed by atoms with van der Waals surface area (Å²) in [4.78, 5) is 18.7. The van der Waals surface area contributed by atoms with Crippen molar-refractivity contribution in [2.24, 2.45) is 4.99 Å². The number of nitrogens with zero attached hydrogens (tertiary/aromatic N) is 2. The molecule has 0 saturated heterocycles. The van der Waals surface area contributed by atoms with Crippen LogP contribution in [0.1, 0.15) is 167 Å². The Morgan fingerprint density at radius 3 is 1.43 bits per heavy atom. The number of aliphatic hydroxyl groups excluding tert-OH is 1. The number of hydrogen-bond donors (Lipinski definition) is 1. The zero-order valence-electron chi connectivity index (χ0n) is 24.7. The van der Waals surface area contributed by atoms with E-state index in [1.807, 2.05) is 4.90 Å². The normalized spacial score (nSPS) is 13.6. The molecule has 4 heteroatoms. The van der Waals surface area contributed by atoms with E-state index < -0.39 is 0 Å². The topological polar surface area (TPSA) is 52.9 Å². The van der Waals surface area contributed by atoms with Crippen molar-refractivity contribution < 1.29 is 9.90 Å². The zero-order valence-corrected chi connectivity index (χ0v) is 24.7. The number of carbonyl (C=O) groups excluding carboxylic acids is 1. The monoisotopic (exact) mass is 518 g/mol. The second-order valence-electron chi connectivity index (χ2n) is 11.3. The van der Waals surface area contributed by atoms with Gasteiger partial charge in [0, 0.05) is 19.5 Å². The quantitative estimate of drug-likeness (QED) is 0.0828. The summed E-state index contributed by atoms with van der Waals surface area (Å²) in [5, 5.41) is 8.82. The molecule has 1 N–H and O–H groups in total. The molecule has 0 aromatic heterocycles. The minimum absolute atomic E-state index is 0.169. The van der Waals surface area contributed by atoms with Crippen molar-refractivity contribution in [1.29, 1.82) is 0 Å². The minimum atomic E-state index is 0.169. The molecule has 0 aromatic carbocycles. The maximum Gasteiger partial charge on any atom is 0.197 e. The average molecular weight is 519 g/mol. The molecule has 216 valence electrons. The fourth-order valence-corrected chi connectivity index (χ4v) is 5.46. The number of Topliss-reactive ketones (excluding diaryl/α,β-unsaturated/α-hetero) is 1. The van der Waals surface area contributed by atoms with Crippen molar-refractivity contribution in [2.75, 3.05) is 19.6 Å². The SMILES string of the molecule is CCCCCCCCCCCCCCCCCCCCCCCCCCC(=O)C1=NCCN1CC=CO. The van der Waals surface area contributed by atoms with Crippen LogP contribution in [-0.2, 0) is 4.79 Å². The molecule has 0 unspecified atom stereocenters. The number of rotatable bonds is 28. The summed E-state index contributed by atoms with van der Waals surface area (Å²) >= 11 is 0. The van der Waals surface area contributed by atoms with Gasteiger partial charge >= 0.3 is 0 Å². The van der Waals surface area contributed by atoms with Crippen LogP contribution in [0.2, 0.25) is 0 Å². The van der Waals surface area contributed by atoms with Crippen LogP contribution in [-0.4, -0.2) is 41.3 Å². The third-order valence-corrected chi connectivity index (χ3v) is 7.87. The Balaban J connectivity index is 1.74. The smallest absolute Gasteiger partial charge is 0.197 e. The van der Waals surface area contributed by atoms with Crippen LogP contribution in [0, 0.1) is 0 Å². The first-order chi connectivity index (χ1) is 18.3. The van der Waals surface area contributed by atoms with E-state index in [4.69, 9.17) is 5.11 Å². The molecule has 0 saturated carbocycles. The van der Waals surface area contributed by atoms with Crippen LogP contribution in [0.25, 0.3) is 0 Å². The van der Waals surface area contributed by atoms with E-state index in [9.17, 15) is 4.79 Å². The summed E-state index contributed by atoms with van der Waals surface area (Å²) in [6, 6.07) is 0. The van der Waals surface area contributed by atoms with Gasteiger partial charge in [0.1, 0.15) is 0 Å². The highest BCUT2D eigenvalue weighted by molar-refractivity contribution is 6.39. The summed E-state index contributed by atoms with van der Waals surface area (Å²) in [7, 11) is 0. The Labute approximate surface area is 230 Å².